The molecule has 0 fully saturated rings. The Morgan fingerprint density at radius 2 is 2.36 bits per heavy atom. The third-order valence-corrected chi connectivity index (χ3v) is 2.25. The number of hydrogen-bond donors (Lipinski definition) is 2. The number of hydrogen-bond acceptors (Lipinski definition) is 5. The Kier molecular flexibility index (Phi) is 2.37. The van der Waals surface area contributed by atoms with Gasteiger partial charge in [-0.2, -0.15) is 0 Å². The van der Waals surface area contributed by atoms with Crippen molar-refractivity contribution in [1.29, 1.82) is 0 Å². The van der Waals surface area contributed by atoms with Gasteiger partial charge in [-0.05, 0) is 6.07 Å². The van der Waals surface area contributed by atoms with Crippen LogP contribution in [0.15, 0.2) is 6.07 Å². The highest BCUT2D eigenvalue weighted by molar-refractivity contribution is 6.33. The summed E-state index contributed by atoms with van der Waals surface area (Å²) in [6.45, 7) is 0.156. The summed E-state index contributed by atoms with van der Waals surface area (Å²) in [5.41, 5.74) is 0.460. The molecule has 0 unspecified atom stereocenters. The molecule has 1 heterocycles. The van der Waals surface area contributed by atoms with E-state index in [0.717, 1.165) is 0 Å². The van der Waals surface area contributed by atoms with Crippen LogP contribution in [0, 0.1) is 0 Å². The molecule has 5 nitrogen and oxygen atoms in total. The molecule has 0 radical (unpaired) electrons. The van der Waals surface area contributed by atoms with Crippen LogP contribution < -0.4 is 15.4 Å². The van der Waals surface area contributed by atoms with Crippen molar-refractivity contribution in [2.75, 3.05) is 6.79 Å². The van der Waals surface area contributed by atoms with E-state index < -0.39 is 0 Å². The largest absolute Gasteiger partial charge is 0.506 e. The zero-order chi connectivity index (χ0) is 10.1. The number of fused-ring (bicyclic) bond motifs is 1. The van der Waals surface area contributed by atoms with Crippen molar-refractivity contribution < 1.29 is 19.4 Å². The fraction of sp³-hybridized carbons (Fsp3) is 0.250. The van der Waals surface area contributed by atoms with Crippen LogP contribution >= 0.6 is 11.6 Å². The summed E-state index contributed by atoms with van der Waals surface area (Å²) in [5.74, 6) is 5.64. The predicted octanol–water partition coefficient (Wildman–Crippen LogP) is 1.16. The summed E-state index contributed by atoms with van der Waals surface area (Å²) in [5, 5.41) is 9.71. The number of ether oxygens (including phenoxy) is 2. The highest BCUT2D eigenvalue weighted by atomic mass is 35.5. The van der Waals surface area contributed by atoms with Crippen molar-refractivity contribution in [3.05, 3.63) is 16.7 Å². The molecule has 14 heavy (non-hydrogen) atoms. The van der Waals surface area contributed by atoms with Crippen molar-refractivity contribution in [2.45, 2.75) is 6.61 Å². The molecule has 1 aromatic rings. The molecule has 76 valence electrons. The minimum atomic E-state index is -0.0960. The topological polar surface area (TPSA) is 73.9 Å². The first-order valence-electron chi connectivity index (χ1n) is 3.85. The number of aromatic hydroxyl groups is 1. The molecule has 0 bridgehead atoms. The summed E-state index contributed by atoms with van der Waals surface area (Å²) in [6.07, 6.45) is 0. The van der Waals surface area contributed by atoms with Gasteiger partial charge in [0.15, 0.2) is 11.5 Å². The van der Waals surface area contributed by atoms with Gasteiger partial charge in [0.05, 0.1) is 6.61 Å². The number of benzene rings is 1. The number of phenols is 1. The fourth-order valence-electron chi connectivity index (χ4n) is 1.24. The summed E-state index contributed by atoms with van der Waals surface area (Å²) in [6, 6.07) is 1.58. The number of rotatable bonds is 2. The molecule has 0 aliphatic carbocycles. The van der Waals surface area contributed by atoms with Gasteiger partial charge in [0.2, 0.25) is 6.79 Å². The molecule has 1 aromatic carbocycles. The van der Waals surface area contributed by atoms with Gasteiger partial charge in [-0.25, -0.2) is 5.90 Å². The summed E-state index contributed by atoms with van der Waals surface area (Å²) < 4.78 is 10.2. The maximum absolute atomic E-state index is 9.59. The van der Waals surface area contributed by atoms with Crippen molar-refractivity contribution in [2.24, 2.45) is 5.90 Å². The number of phenolic OH excluding ortho intramolecular Hbond substituents is 1. The monoisotopic (exact) mass is 217 g/mol. The molecule has 1 aliphatic rings. The van der Waals surface area contributed by atoms with Gasteiger partial charge in [-0.15, -0.1) is 0 Å². The van der Waals surface area contributed by atoms with Crippen LogP contribution in [-0.4, -0.2) is 11.9 Å². The Balaban J connectivity index is 2.49. The summed E-state index contributed by atoms with van der Waals surface area (Å²) in [7, 11) is 0. The Bertz CT molecular complexity index is 369. The zero-order valence-corrected chi connectivity index (χ0v) is 7.87. The average Bonchev–Trinajstić information content (AvgIpc) is 2.62. The van der Waals surface area contributed by atoms with Crippen molar-refractivity contribution >= 4 is 11.6 Å². The molecule has 2 rings (SSSR count). The number of halogens is 1. The second-order valence-electron chi connectivity index (χ2n) is 2.74. The average molecular weight is 218 g/mol. The molecule has 0 aromatic heterocycles. The third-order valence-electron chi connectivity index (χ3n) is 1.90. The van der Waals surface area contributed by atoms with Gasteiger partial charge >= 0.3 is 0 Å². The Morgan fingerprint density at radius 3 is 3.07 bits per heavy atom. The van der Waals surface area contributed by atoms with E-state index in [9.17, 15) is 5.11 Å². The van der Waals surface area contributed by atoms with E-state index >= 15 is 0 Å². The maximum Gasteiger partial charge on any atom is 0.231 e. The lowest BCUT2D eigenvalue weighted by Crippen LogP contribution is -1.99. The second-order valence-corrected chi connectivity index (χ2v) is 3.12. The molecule has 1 aliphatic heterocycles. The number of nitrogens with two attached hydrogens (primary N) is 1. The highest BCUT2D eigenvalue weighted by Gasteiger charge is 2.22. The summed E-state index contributed by atoms with van der Waals surface area (Å²) >= 11 is 5.83. The van der Waals surface area contributed by atoms with E-state index in [1.165, 1.54) is 0 Å². The van der Waals surface area contributed by atoms with Gasteiger partial charge in [0, 0.05) is 5.56 Å². The van der Waals surface area contributed by atoms with Crippen LogP contribution in [0.3, 0.4) is 0 Å². The maximum atomic E-state index is 9.59. The van der Waals surface area contributed by atoms with E-state index in [4.69, 9.17) is 27.0 Å². The van der Waals surface area contributed by atoms with Gasteiger partial charge < -0.3 is 14.6 Å². The quantitative estimate of drug-likeness (QED) is 0.728. The van der Waals surface area contributed by atoms with Crippen LogP contribution in [0.1, 0.15) is 5.56 Å². The van der Waals surface area contributed by atoms with Crippen molar-refractivity contribution in [1.82, 2.24) is 0 Å². The van der Waals surface area contributed by atoms with E-state index in [1.54, 1.807) is 6.07 Å². The lowest BCUT2D eigenvalue weighted by Gasteiger charge is -2.07. The smallest absolute Gasteiger partial charge is 0.231 e. The Hall–Kier alpha value is -1.17. The minimum Gasteiger partial charge on any atom is -0.506 e. The molecule has 0 saturated carbocycles. The molecule has 0 spiro atoms. The summed E-state index contributed by atoms with van der Waals surface area (Å²) in [4.78, 5) is 4.41. The Labute approximate surface area is 84.9 Å². The molecule has 3 N–H and O–H groups in total. The third kappa shape index (κ3) is 1.35. The molecular formula is C8H8ClNO4. The lowest BCUT2D eigenvalue weighted by atomic mass is 10.2. The van der Waals surface area contributed by atoms with Crippen LogP contribution in [0.4, 0.5) is 0 Å². The molecule has 0 amide bonds. The van der Waals surface area contributed by atoms with Crippen molar-refractivity contribution in [3.63, 3.8) is 0 Å². The van der Waals surface area contributed by atoms with Gasteiger partial charge in [-0.3, -0.25) is 4.84 Å². The standard InChI is InChI=1S/C8H8ClNO4/c9-6-7(11)4(2-14-10)1-5-8(6)13-3-12-5/h1,11H,2-3,10H2. The molecule has 0 saturated heterocycles. The van der Waals surface area contributed by atoms with Crippen LogP contribution in [0.5, 0.6) is 17.2 Å². The molecule has 6 heteroatoms. The predicted molar refractivity (Wildman–Crippen MR) is 48.2 cm³/mol. The first-order valence-corrected chi connectivity index (χ1v) is 4.23. The second kappa shape index (κ2) is 3.53. The highest BCUT2D eigenvalue weighted by Crippen LogP contribution is 2.46. The van der Waals surface area contributed by atoms with E-state index in [-0.39, 0.29) is 24.2 Å². The van der Waals surface area contributed by atoms with E-state index in [1.807, 2.05) is 0 Å². The van der Waals surface area contributed by atoms with Gasteiger partial charge in [0.25, 0.3) is 0 Å². The fourth-order valence-corrected chi connectivity index (χ4v) is 1.51. The van der Waals surface area contributed by atoms with Crippen LogP contribution in [-0.2, 0) is 11.4 Å². The van der Waals surface area contributed by atoms with E-state index in [0.29, 0.717) is 17.1 Å². The first-order chi connectivity index (χ1) is 6.74. The van der Waals surface area contributed by atoms with Crippen LogP contribution in [0.2, 0.25) is 5.02 Å². The normalized spacial score (nSPS) is 13.3. The van der Waals surface area contributed by atoms with Crippen LogP contribution in [0.25, 0.3) is 0 Å². The first kappa shape index (κ1) is 9.39. The molecule has 0 atom stereocenters. The Morgan fingerprint density at radius 1 is 1.57 bits per heavy atom. The van der Waals surface area contributed by atoms with Gasteiger partial charge in [-0.1, -0.05) is 11.6 Å². The lowest BCUT2D eigenvalue weighted by molar-refractivity contribution is 0.122. The molecular weight excluding hydrogens is 210 g/mol. The van der Waals surface area contributed by atoms with Crippen molar-refractivity contribution in [3.8, 4) is 17.2 Å². The SMILES string of the molecule is NOCc1cc2c(c(Cl)c1O)OCO2. The zero-order valence-electron chi connectivity index (χ0n) is 7.12. The van der Waals surface area contributed by atoms with Gasteiger partial charge in [0.1, 0.15) is 10.8 Å². The minimum absolute atomic E-state index is 0.0577. The van der Waals surface area contributed by atoms with E-state index in [2.05, 4.69) is 4.84 Å².